The third kappa shape index (κ3) is 1.79. The molecule has 0 radical (unpaired) electrons. The Morgan fingerprint density at radius 1 is 1.42 bits per heavy atom. The van der Waals surface area contributed by atoms with Gasteiger partial charge in [-0.1, -0.05) is 11.6 Å². The number of aromatic nitrogens is 3. The molecule has 3 aromatic rings. The number of halogens is 2. The summed E-state index contributed by atoms with van der Waals surface area (Å²) in [6, 6.07) is 3.11. The van der Waals surface area contributed by atoms with Gasteiger partial charge in [0.05, 0.1) is 11.6 Å². The van der Waals surface area contributed by atoms with Gasteiger partial charge in [-0.3, -0.25) is 0 Å². The van der Waals surface area contributed by atoms with Crippen LogP contribution >= 0.6 is 23.4 Å². The van der Waals surface area contributed by atoms with Crippen molar-refractivity contribution in [3.8, 4) is 0 Å². The maximum absolute atomic E-state index is 14.6. The molecule has 5 heterocycles. The van der Waals surface area contributed by atoms with Gasteiger partial charge in [0.2, 0.25) is 0 Å². The molecular weight excluding hydrogens is 347 g/mol. The summed E-state index contributed by atoms with van der Waals surface area (Å²) in [5.74, 6) is 0.113. The lowest BCUT2D eigenvalue weighted by atomic mass is 9.79. The first-order valence-corrected chi connectivity index (χ1v) is 9.63. The van der Waals surface area contributed by atoms with E-state index in [1.165, 1.54) is 23.9 Å². The van der Waals surface area contributed by atoms with E-state index in [9.17, 15) is 4.39 Å². The summed E-state index contributed by atoms with van der Waals surface area (Å²) in [5.41, 5.74) is 2.53. The minimum absolute atomic E-state index is 0.124. The van der Waals surface area contributed by atoms with Crippen molar-refractivity contribution in [2.24, 2.45) is 5.92 Å². The molecule has 3 unspecified atom stereocenters. The van der Waals surface area contributed by atoms with E-state index in [2.05, 4.69) is 32.8 Å². The first-order valence-electron chi connectivity index (χ1n) is 8.02. The quantitative estimate of drug-likeness (QED) is 0.554. The molecule has 3 aliphatic rings. The van der Waals surface area contributed by atoms with Gasteiger partial charge in [0.15, 0.2) is 11.0 Å². The second-order valence-corrected chi connectivity index (χ2v) is 7.82. The summed E-state index contributed by atoms with van der Waals surface area (Å²) < 4.78 is 16.9. The summed E-state index contributed by atoms with van der Waals surface area (Å²) in [4.78, 5) is 8.56. The number of nitrogens with zero attached hydrogens (tertiary/aromatic N) is 3. The highest BCUT2D eigenvalue weighted by molar-refractivity contribution is 7.98. The molecule has 7 heteroatoms. The van der Waals surface area contributed by atoms with Crippen LogP contribution in [0.3, 0.4) is 0 Å². The van der Waals surface area contributed by atoms with Crippen LogP contribution < -0.4 is 5.32 Å². The van der Waals surface area contributed by atoms with Gasteiger partial charge in [0.25, 0.3) is 0 Å². The Morgan fingerprint density at radius 2 is 2.25 bits per heavy atom. The molecule has 2 saturated heterocycles. The molecule has 1 aliphatic carbocycles. The first kappa shape index (κ1) is 14.9. The summed E-state index contributed by atoms with van der Waals surface area (Å²) in [5, 5.41) is 6.09. The van der Waals surface area contributed by atoms with Crippen molar-refractivity contribution < 1.29 is 4.39 Å². The average molecular weight is 363 g/mol. The smallest absolute Gasteiger partial charge is 0.186 e. The topological polar surface area (TPSA) is 42.7 Å². The standard InChI is InChI=1S/C17H16ClFN4S/c1-7-3-9-15(23(7)14-8-4-11(14)20-5-8)10-6-21-16(18)12(19)13(10)22-17(9)24-2/h3,6,8,11,14,20H,4-5H2,1-2H3. The predicted octanol–water partition coefficient (Wildman–Crippen LogP) is 3.94. The van der Waals surface area contributed by atoms with Crippen molar-refractivity contribution >= 4 is 45.2 Å². The highest BCUT2D eigenvalue weighted by Gasteiger charge is 2.48. The predicted molar refractivity (Wildman–Crippen MR) is 95.5 cm³/mol. The van der Waals surface area contributed by atoms with Crippen LogP contribution in [0.15, 0.2) is 17.3 Å². The number of hydrogen-bond acceptors (Lipinski definition) is 4. The molecule has 1 saturated carbocycles. The van der Waals surface area contributed by atoms with E-state index in [1.807, 2.05) is 6.26 Å². The van der Waals surface area contributed by atoms with E-state index in [0.717, 1.165) is 27.9 Å². The van der Waals surface area contributed by atoms with Crippen LogP contribution in [0.25, 0.3) is 21.8 Å². The number of pyridine rings is 2. The number of thioether (sulfide) groups is 1. The second-order valence-electron chi connectivity index (χ2n) is 6.67. The molecule has 4 nitrogen and oxygen atoms in total. The third-order valence-corrected chi connectivity index (χ3v) is 6.43. The van der Waals surface area contributed by atoms with E-state index in [1.54, 1.807) is 6.20 Å². The average Bonchev–Trinajstić information content (AvgIpc) is 3.26. The van der Waals surface area contributed by atoms with Crippen LogP contribution in [0.5, 0.6) is 0 Å². The van der Waals surface area contributed by atoms with Crippen LogP contribution in [0.1, 0.15) is 18.2 Å². The highest BCUT2D eigenvalue weighted by atomic mass is 35.5. The molecular formula is C17H16ClFN4S. The summed E-state index contributed by atoms with van der Waals surface area (Å²) in [6.07, 6.45) is 4.85. The largest absolute Gasteiger partial charge is 0.339 e. The normalized spacial score (nSPS) is 25.6. The lowest BCUT2D eigenvalue weighted by Crippen LogP contribution is -2.39. The van der Waals surface area contributed by atoms with Crippen molar-refractivity contribution in [2.45, 2.75) is 30.5 Å². The summed E-state index contributed by atoms with van der Waals surface area (Å²) in [7, 11) is 0. The Balaban J connectivity index is 1.91. The molecule has 0 aromatic carbocycles. The first-order chi connectivity index (χ1) is 11.6. The highest BCUT2D eigenvalue weighted by Crippen LogP contribution is 2.47. The lowest BCUT2D eigenvalue weighted by molar-refractivity contribution is 0.223. The monoisotopic (exact) mass is 362 g/mol. The molecule has 6 rings (SSSR count). The van der Waals surface area contributed by atoms with E-state index in [-0.39, 0.29) is 5.15 Å². The Morgan fingerprint density at radius 3 is 2.92 bits per heavy atom. The Bertz CT molecular complexity index is 988. The SMILES string of the molecule is CSc1nc2c(F)c(Cl)ncc2c2c1cc(C)n2C1C2CNC1C2. The second kappa shape index (κ2) is 5.07. The van der Waals surface area contributed by atoms with Crippen molar-refractivity contribution in [3.05, 3.63) is 28.9 Å². The van der Waals surface area contributed by atoms with Gasteiger partial charge in [0, 0.05) is 35.2 Å². The van der Waals surface area contributed by atoms with Gasteiger partial charge in [0.1, 0.15) is 10.5 Å². The molecule has 0 amide bonds. The van der Waals surface area contributed by atoms with Crippen molar-refractivity contribution in [3.63, 3.8) is 0 Å². The van der Waals surface area contributed by atoms with E-state index in [4.69, 9.17) is 11.6 Å². The number of hydrogen-bond donors (Lipinski definition) is 1. The fourth-order valence-electron chi connectivity index (χ4n) is 4.37. The van der Waals surface area contributed by atoms with Crippen LogP contribution in [-0.2, 0) is 0 Å². The molecule has 3 fully saturated rings. The molecule has 3 aromatic heterocycles. The Hall–Kier alpha value is -1.37. The minimum atomic E-state index is -0.536. The zero-order chi connectivity index (χ0) is 16.6. The Labute approximate surface area is 147 Å². The molecule has 2 bridgehead atoms. The summed E-state index contributed by atoms with van der Waals surface area (Å²) >= 11 is 7.42. The van der Waals surface area contributed by atoms with E-state index in [0.29, 0.717) is 23.5 Å². The minimum Gasteiger partial charge on any atom is -0.339 e. The maximum Gasteiger partial charge on any atom is 0.186 e. The van der Waals surface area contributed by atoms with Gasteiger partial charge in [-0.15, -0.1) is 11.8 Å². The van der Waals surface area contributed by atoms with Gasteiger partial charge >= 0.3 is 0 Å². The molecule has 124 valence electrons. The number of nitrogens with one attached hydrogen (secondary N) is 1. The van der Waals surface area contributed by atoms with Crippen LogP contribution in [0.2, 0.25) is 5.15 Å². The fourth-order valence-corrected chi connectivity index (χ4v) is 5.07. The molecule has 24 heavy (non-hydrogen) atoms. The van der Waals surface area contributed by atoms with Crippen LogP contribution in [0.4, 0.5) is 4.39 Å². The fraction of sp³-hybridized carbons (Fsp3) is 0.412. The summed E-state index contributed by atoms with van der Waals surface area (Å²) in [6.45, 7) is 3.18. The van der Waals surface area contributed by atoms with E-state index >= 15 is 0 Å². The lowest BCUT2D eigenvalue weighted by Gasteiger charge is -2.37. The van der Waals surface area contributed by atoms with Crippen molar-refractivity contribution in [1.29, 1.82) is 0 Å². The van der Waals surface area contributed by atoms with Gasteiger partial charge in [-0.05, 0) is 31.6 Å². The Kier molecular flexibility index (Phi) is 3.15. The zero-order valence-corrected chi connectivity index (χ0v) is 14.9. The van der Waals surface area contributed by atoms with Crippen LogP contribution in [-0.4, -0.2) is 33.4 Å². The number of fused-ring (bicyclic) bond motifs is 4. The van der Waals surface area contributed by atoms with Crippen LogP contribution in [0, 0.1) is 18.7 Å². The van der Waals surface area contributed by atoms with Crippen molar-refractivity contribution in [2.75, 3.05) is 12.8 Å². The number of rotatable bonds is 2. The van der Waals surface area contributed by atoms with Crippen molar-refractivity contribution in [1.82, 2.24) is 19.9 Å². The molecule has 0 spiro atoms. The number of aryl methyl sites for hydroxylation is 1. The molecule has 1 N–H and O–H groups in total. The van der Waals surface area contributed by atoms with Gasteiger partial charge in [-0.25, -0.2) is 14.4 Å². The van der Waals surface area contributed by atoms with Gasteiger partial charge < -0.3 is 9.88 Å². The van der Waals surface area contributed by atoms with Gasteiger partial charge in [-0.2, -0.15) is 0 Å². The van der Waals surface area contributed by atoms with E-state index < -0.39 is 5.82 Å². The maximum atomic E-state index is 14.6. The molecule has 2 aliphatic heterocycles. The molecule has 3 atom stereocenters. The third-order valence-electron chi connectivity index (χ3n) is 5.46. The zero-order valence-electron chi connectivity index (χ0n) is 13.3.